The van der Waals surface area contributed by atoms with Gasteiger partial charge in [-0.05, 0) is 56.2 Å². The van der Waals surface area contributed by atoms with Crippen LogP contribution in [0.15, 0.2) is 30.3 Å². The minimum absolute atomic E-state index is 0.0596. The van der Waals surface area contributed by atoms with Gasteiger partial charge in [0.1, 0.15) is 5.75 Å². The maximum absolute atomic E-state index is 12.0. The van der Waals surface area contributed by atoms with Crippen LogP contribution in [-0.2, 0) is 4.79 Å². The van der Waals surface area contributed by atoms with Gasteiger partial charge >= 0.3 is 0 Å². The van der Waals surface area contributed by atoms with Gasteiger partial charge < -0.3 is 4.74 Å². The molecule has 2 heterocycles. The summed E-state index contributed by atoms with van der Waals surface area (Å²) in [7, 11) is 0. The van der Waals surface area contributed by atoms with E-state index in [1.165, 1.54) is 16.4 Å². The molecular formula is C17H17N3O2S2. The van der Waals surface area contributed by atoms with Crippen molar-refractivity contribution in [2.75, 3.05) is 11.9 Å². The van der Waals surface area contributed by atoms with E-state index in [0.29, 0.717) is 16.7 Å². The Labute approximate surface area is 148 Å². The molecule has 0 atom stereocenters. The third-order valence-corrected chi connectivity index (χ3v) is 4.83. The summed E-state index contributed by atoms with van der Waals surface area (Å²) in [5, 5.41) is 3.20. The lowest BCUT2D eigenvalue weighted by Gasteiger charge is -2.07. The Morgan fingerprint density at radius 1 is 1.17 bits per heavy atom. The van der Waals surface area contributed by atoms with E-state index in [2.05, 4.69) is 20.7 Å². The summed E-state index contributed by atoms with van der Waals surface area (Å²) < 4.78 is 9.82. The van der Waals surface area contributed by atoms with Crippen molar-refractivity contribution in [3.05, 3.63) is 46.3 Å². The molecule has 0 aliphatic heterocycles. The maximum Gasteiger partial charge on any atom is 0.264 e. The Morgan fingerprint density at radius 3 is 2.58 bits per heavy atom. The highest BCUT2D eigenvalue weighted by Gasteiger charge is 2.11. The molecule has 0 radical (unpaired) electrons. The van der Waals surface area contributed by atoms with E-state index in [1.807, 2.05) is 45.0 Å². The number of hydrogen-bond acceptors (Lipinski definition) is 6. The number of anilines is 1. The fraction of sp³-hybridized carbons (Fsp3) is 0.235. The number of rotatable bonds is 5. The van der Waals surface area contributed by atoms with Gasteiger partial charge in [0.15, 0.2) is 12.4 Å². The van der Waals surface area contributed by atoms with Gasteiger partial charge in [0.05, 0.1) is 4.88 Å². The first-order chi connectivity index (χ1) is 11.5. The Balaban J connectivity index is 1.58. The number of nitrogens with one attached hydrogen (secondary N) is 1. The van der Waals surface area contributed by atoms with Crippen LogP contribution >= 0.6 is 22.9 Å². The van der Waals surface area contributed by atoms with Crippen molar-refractivity contribution >= 4 is 33.9 Å². The van der Waals surface area contributed by atoms with Crippen LogP contribution in [0.3, 0.4) is 0 Å². The number of thiophene rings is 1. The summed E-state index contributed by atoms with van der Waals surface area (Å²) in [6.07, 6.45) is 0. The van der Waals surface area contributed by atoms with Crippen LogP contribution in [0.4, 0.5) is 5.13 Å². The number of aromatic nitrogens is 2. The fourth-order valence-electron chi connectivity index (χ4n) is 2.25. The van der Waals surface area contributed by atoms with Crippen molar-refractivity contribution < 1.29 is 9.53 Å². The van der Waals surface area contributed by atoms with E-state index in [4.69, 9.17) is 4.74 Å². The lowest BCUT2D eigenvalue weighted by Crippen LogP contribution is -2.20. The molecule has 3 aromatic rings. The smallest absolute Gasteiger partial charge is 0.264 e. The normalized spacial score (nSPS) is 10.6. The molecule has 0 aliphatic carbocycles. The molecule has 1 aromatic carbocycles. The number of ether oxygens (including phenoxy) is 1. The summed E-state index contributed by atoms with van der Waals surface area (Å²) in [6.45, 7) is 5.97. The highest BCUT2D eigenvalue weighted by atomic mass is 32.1. The molecule has 0 aliphatic rings. The Morgan fingerprint density at radius 2 is 1.92 bits per heavy atom. The Kier molecular flexibility index (Phi) is 4.92. The minimum Gasteiger partial charge on any atom is -0.484 e. The summed E-state index contributed by atoms with van der Waals surface area (Å²) in [5.41, 5.74) is 2.20. The predicted octanol–water partition coefficient (Wildman–Crippen LogP) is 4.21. The van der Waals surface area contributed by atoms with E-state index in [9.17, 15) is 4.79 Å². The zero-order chi connectivity index (χ0) is 17.1. The van der Waals surface area contributed by atoms with Crippen LogP contribution in [0.1, 0.15) is 16.0 Å². The van der Waals surface area contributed by atoms with Gasteiger partial charge in [0, 0.05) is 16.4 Å². The monoisotopic (exact) mass is 359 g/mol. The number of aryl methyl sites for hydroxylation is 3. The molecule has 3 rings (SSSR count). The summed E-state index contributed by atoms with van der Waals surface area (Å²) in [6, 6.07) is 9.88. The van der Waals surface area contributed by atoms with E-state index in [-0.39, 0.29) is 12.5 Å². The molecule has 7 heteroatoms. The average molecular weight is 359 g/mol. The zero-order valence-corrected chi connectivity index (χ0v) is 15.3. The SMILES string of the molecule is Cc1cc(C)cc(OCC(=O)Nc2nc(-c3ccc(C)s3)ns2)c1. The highest BCUT2D eigenvalue weighted by Crippen LogP contribution is 2.27. The van der Waals surface area contributed by atoms with E-state index >= 15 is 0 Å². The van der Waals surface area contributed by atoms with Gasteiger partial charge in [-0.1, -0.05) is 6.07 Å². The first-order valence-corrected chi connectivity index (χ1v) is 9.00. The van der Waals surface area contributed by atoms with Gasteiger partial charge in [-0.25, -0.2) is 0 Å². The number of amides is 1. The molecule has 124 valence electrons. The van der Waals surface area contributed by atoms with Crippen LogP contribution in [-0.4, -0.2) is 21.9 Å². The molecule has 0 spiro atoms. The predicted molar refractivity (Wildman–Crippen MR) is 98.0 cm³/mol. The number of carbonyl (C=O) groups is 1. The zero-order valence-electron chi connectivity index (χ0n) is 13.6. The summed E-state index contributed by atoms with van der Waals surface area (Å²) in [5.74, 6) is 1.08. The van der Waals surface area contributed by atoms with Gasteiger partial charge in [0.25, 0.3) is 5.91 Å². The molecule has 5 nitrogen and oxygen atoms in total. The second-order valence-corrected chi connectivity index (χ2v) is 7.53. The van der Waals surface area contributed by atoms with E-state index in [1.54, 1.807) is 11.3 Å². The quantitative estimate of drug-likeness (QED) is 0.741. The number of nitrogens with zero attached hydrogens (tertiary/aromatic N) is 2. The number of carbonyl (C=O) groups excluding carboxylic acids is 1. The molecule has 0 unspecified atom stereocenters. The Bertz CT molecular complexity index is 850. The van der Waals surface area contributed by atoms with E-state index in [0.717, 1.165) is 16.0 Å². The fourth-order valence-corrected chi connectivity index (χ4v) is 3.71. The average Bonchev–Trinajstić information content (AvgIpc) is 3.13. The lowest BCUT2D eigenvalue weighted by atomic mass is 10.1. The standard InChI is InChI=1S/C17H17N3O2S2/c1-10-6-11(2)8-13(7-10)22-9-15(21)18-17-19-16(20-24-17)14-5-4-12(3)23-14/h4-8H,9H2,1-3H3,(H,18,19,20,21). The van der Waals surface area contributed by atoms with Crippen molar-refractivity contribution in [1.82, 2.24) is 9.36 Å². The maximum atomic E-state index is 12.0. The second kappa shape index (κ2) is 7.11. The number of benzene rings is 1. The van der Waals surface area contributed by atoms with Gasteiger partial charge in [0.2, 0.25) is 5.13 Å². The lowest BCUT2D eigenvalue weighted by molar-refractivity contribution is -0.118. The minimum atomic E-state index is -0.251. The first kappa shape index (κ1) is 16.6. The van der Waals surface area contributed by atoms with Crippen LogP contribution < -0.4 is 10.1 Å². The molecule has 24 heavy (non-hydrogen) atoms. The van der Waals surface area contributed by atoms with Crippen molar-refractivity contribution in [3.8, 4) is 16.5 Å². The molecule has 1 N–H and O–H groups in total. The highest BCUT2D eigenvalue weighted by molar-refractivity contribution is 7.15. The van der Waals surface area contributed by atoms with E-state index < -0.39 is 0 Å². The largest absolute Gasteiger partial charge is 0.484 e. The third-order valence-electron chi connectivity index (χ3n) is 3.20. The molecule has 0 saturated carbocycles. The molecule has 0 saturated heterocycles. The van der Waals surface area contributed by atoms with Gasteiger partial charge in [-0.15, -0.1) is 11.3 Å². The topological polar surface area (TPSA) is 64.1 Å². The second-order valence-electron chi connectivity index (χ2n) is 5.49. The van der Waals surface area contributed by atoms with Gasteiger partial charge in [-0.2, -0.15) is 9.36 Å². The Hall–Kier alpha value is -2.25. The molecule has 0 fully saturated rings. The van der Waals surface area contributed by atoms with Crippen LogP contribution in [0.2, 0.25) is 0 Å². The molecule has 0 bridgehead atoms. The first-order valence-electron chi connectivity index (χ1n) is 7.41. The third kappa shape index (κ3) is 4.18. The summed E-state index contributed by atoms with van der Waals surface area (Å²) in [4.78, 5) is 18.6. The van der Waals surface area contributed by atoms with Crippen LogP contribution in [0, 0.1) is 20.8 Å². The van der Waals surface area contributed by atoms with Crippen LogP contribution in [0.5, 0.6) is 5.75 Å². The van der Waals surface area contributed by atoms with Crippen molar-refractivity contribution in [2.24, 2.45) is 0 Å². The summed E-state index contributed by atoms with van der Waals surface area (Å²) >= 11 is 2.79. The molecule has 1 amide bonds. The molecular weight excluding hydrogens is 342 g/mol. The van der Waals surface area contributed by atoms with Crippen LogP contribution in [0.25, 0.3) is 10.7 Å². The van der Waals surface area contributed by atoms with Crippen molar-refractivity contribution in [3.63, 3.8) is 0 Å². The van der Waals surface area contributed by atoms with Gasteiger partial charge in [-0.3, -0.25) is 10.1 Å². The van der Waals surface area contributed by atoms with Crippen molar-refractivity contribution in [2.45, 2.75) is 20.8 Å². The van der Waals surface area contributed by atoms with Crippen molar-refractivity contribution in [1.29, 1.82) is 0 Å². The number of hydrogen-bond donors (Lipinski definition) is 1. The molecule has 2 aromatic heterocycles.